The highest BCUT2D eigenvalue weighted by Crippen LogP contribution is 2.30. The second-order valence-electron chi connectivity index (χ2n) is 5.72. The van der Waals surface area contributed by atoms with Crippen molar-refractivity contribution in [2.24, 2.45) is 11.0 Å². The molecule has 0 aromatic heterocycles. The Kier molecular flexibility index (Phi) is 3.61. The molecule has 1 amide bonds. The molecule has 1 fully saturated rings. The Hall–Kier alpha value is -1.98. The van der Waals surface area contributed by atoms with Gasteiger partial charge in [-0.05, 0) is 24.5 Å². The Morgan fingerprint density at radius 1 is 1.29 bits per heavy atom. The summed E-state index contributed by atoms with van der Waals surface area (Å²) in [5.74, 6) is -0.874. The zero-order valence-corrected chi connectivity index (χ0v) is 11.8. The number of rotatable bonds is 2. The predicted octanol–water partition coefficient (Wildman–Crippen LogP) is 2.43. The summed E-state index contributed by atoms with van der Waals surface area (Å²) in [4.78, 5) is 12.8. The average Bonchev–Trinajstić information content (AvgIpc) is 2.85. The SMILES string of the molecule is CC1CCN(c2c(F)cc(C3=NNC(=O)CC3)cc2F)C1. The summed E-state index contributed by atoms with van der Waals surface area (Å²) in [6, 6.07) is 2.61. The summed E-state index contributed by atoms with van der Waals surface area (Å²) >= 11 is 0. The van der Waals surface area contributed by atoms with Crippen LogP contribution in [0.1, 0.15) is 31.7 Å². The second kappa shape index (κ2) is 5.42. The molecule has 1 aromatic rings. The Morgan fingerprint density at radius 3 is 2.52 bits per heavy atom. The molecule has 0 bridgehead atoms. The van der Waals surface area contributed by atoms with Crippen LogP contribution in [-0.2, 0) is 4.79 Å². The molecule has 4 nitrogen and oxygen atoms in total. The van der Waals surface area contributed by atoms with E-state index in [1.54, 1.807) is 4.90 Å². The zero-order chi connectivity index (χ0) is 15.0. The molecule has 0 aliphatic carbocycles. The molecular weight excluding hydrogens is 276 g/mol. The summed E-state index contributed by atoms with van der Waals surface area (Å²) in [6.07, 6.45) is 1.62. The van der Waals surface area contributed by atoms with E-state index in [2.05, 4.69) is 17.5 Å². The van der Waals surface area contributed by atoms with Crippen molar-refractivity contribution in [3.63, 3.8) is 0 Å². The fourth-order valence-corrected chi connectivity index (χ4v) is 2.85. The van der Waals surface area contributed by atoms with Crippen LogP contribution in [0.5, 0.6) is 0 Å². The molecule has 1 saturated heterocycles. The normalized spacial score (nSPS) is 22.2. The van der Waals surface area contributed by atoms with Gasteiger partial charge in [0.1, 0.15) is 17.3 Å². The van der Waals surface area contributed by atoms with Gasteiger partial charge in [0, 0.05) is 31.5 Å². The Labute approximate surface area is 121 Å². The lowest BCUT2D eigenvalue weighted by Crippen LogP contribution is -2.26. The number of nitrogens with zero attached hydrogens (tertiary/aromatic N) is 2. The Morgan fingerprint density at radius 2 is 2.00 bits per heavy atom. The molecule has 6 heteroatoms. The first-order chi connectivity index (χ1) is 10.0. The number of halogens is 2. The van der Waals surface area contributed by atoms with E-state index in [9.17, 15) is 13.6 Å². The van der Waals surface area contributed by atoms with Gasteiger partial charge in [0.15, 0.2) is 0 Å². The maximum absolute atomic E-state index is 14.3. The molecule has 3 rings (SSSR count). The minimum absolute atomic E-state index is 0.0449. The van der Waals surface area contributed by atoms with E-state index in [1.807, 2.05) is 0 Å². The van der Waals surface area contributed by atoms with Crippen LogP contribution in [0, 0.1) is 17.6 Å². The number of carbonyl (C=O) groups is 1. The van der Waals surface area contributed by atoms with Gasteiger partial charge < -0.3 is 4.90 Å². The first-order valence-corrected chi connectivity index (χ1v) is 7.14. The highest BCUT2D eigenvalue weighted by molar-refractivity contribution is 6.04. The van der Waals surface area contributed by atoms with Crippen LogP contribution in [0.2, 0.25) is 0 Å². The zero-order valence-electron chi connectivity index (χ0n) is 11.8. The standard InChI is InChI=1S/C15H17F2N3O/c1-9-4-5-20(8-9)15-11(16)6-10(7-12(15)17)13-2-3-14(21)19-18-13/h6-7,9H,2-5,8H2,1H3,(H,19,21). The van der Waals surface area contributed by atoms with Gasteiger partial charge in [0.25, 0.3) is 0 Å². The number of hydrazone groups is 1. The van der Waals surface area contributed by atoms with Gasteiger partial charge >= 0.3 is 0 Å². The average molecular weight is 293 g/mol. The molecule has 21 heavy (non-hydrogen) atoms. The van der Waals surface area contributed by atoms with Crippen LogP contribution in [0.4, 0.5) is 14.5 Å². The minimum Gasteiger partial charge on any atom is -0.367 e. The lowest BCUT2D eigenvalue weighted by Gasteiger charge is -2.21. The number of benzene rings is 1. The van der Waals surface area contributed by atoms with Gasteiger partial charge in [-0.25, -0.2) is 14.2 Å². The van der Waals surface area contributed by atoms with E-state index < -0.39 is 11.6 Å². The third-order valence-corrected chi connectivity index (χ3v) is 3.99. The van der Waals surface area contributed by atoms with Crippen molar-refractivity contribution < 1.29 is 13.6 Å². The van der Waals surface area contributed by atoms with E-state index in [0.29, 0.717) is 36.7 Å². The van der Waals surface area contributed by atoms with Crippen molar-refractivity contribution in [1.82, 2.24) is 5.43 Å². The molecule has 2 aliphatic heterocycles. The largest absolute Gasteiger partial charge is 0.367 e. The highest BCUT2D eigenvalue weighted by Gasteiger charge is 2.25. The molecule has 0 saturated carbocycles. The molecule has 1 aromatic carbocycles. The number of anilines is 1. The molecule has 2 aliphatic rings. The van der Waals surface area contributed by atoms with Gasteiger partial charge in [-0.2, -0.15) is 5.10 Å². The fourth-order valence-electron chi connectivity index (χ4n) is 2.85. The quantitative estimate of drug-likeness (QED) is 0.910. The second-order valence-corrected chi connectivity index (χ2v) is 5.72. The summed E-state index contributed by atoms with van der Waals surface area (Å²) in [6.45, 7) is 3.42. The predicted molar refractivity (Wildman–Crippen MR) is 76.3 cm³/mol. The number of hydrogen-bond acceptors (Lipinski definition) is 3. The lowest BCUT2D eigenvalue weighted by atomic mass is 10.0. The van der Waals surface area contributed by atoms with Crippen LogP contribution in [0.25, 0.3) is 0 Å². The van der Waals surface area contributed by atoms with Gasteiger partial charge in [0.2, 0.25) is 5.91 Å². The summed E-state index contributed by atoms with van der Waals surface area (Å²) in [7, 11) is 0. The molecule has 112 valence electrons. The number of nitrogens with one attached hydrogen (secondary N) is 1. The van der Waals surface area contributed by atoms with Crippen molar-refractivity contribution in [2.75, 3.05) is 18.0 Å². The first-order valence-electron chi connectivity index (χ1n) is 7.14. The molecular formula is C15H17F2N3O. The summed E-state index contributed by atoms with van der Waals surface area (Å²) in [5.41, 5.74) is 3.28. The van der Waals surface area contributed by atoms with E-state index in [4.69, 9.17) is 0 Å². The van der Waals surface area contributed by atoms with E-state index >= 15 is 0 Å². The third kappa shape index (κ3) is 2.75. The molecule has 1 atom stereocenters. The maximum Gasteiger partial charge on any atom is 0.240 e. The third-order valence-electron chi connectivity index (χ3n) is 3.99. The van der Waals surface area contributed by atoms with Crippen molar-refractivity contribution in [3.05, 3.63) is 29.3 Å². The van der Waals surface area contributed by atoms with Crippen molar-refractivity contribution in [1.29, 1.82) is 0 Å². The summed E-state index contributed by atoms with van der Waals surface area (Å²) in [5, 5.41) is 3.87. The van der Waals surface area contributed by atoms with E-state index in [-0.39, 0.29) is 18.0 Å². The molecule has 0 spiro atoms. The first kappa shape index (κ1) is 14.0. The van der Waals surface area contributed by atoms with Gasteiger partial charge in [-0.1, -0.05) is 6.92 Å². The number of hydrogen-bond donors (Lipinski definition) is 1. The van der Waals surface area contributed by atoms with Crippen LogP contribution in [0.15, 0.2) is 17.2 Å². The maximum atomic E-state index is 14.3. The van der Waals surface area contributed by atoms with Crippen LogP contribution < -0.4 is 10.3 Å². The van der Waals surface area contributed by atoms with Gasteiger partial charge in [0.05, 0.1) is 5.71 Å². The Bertz CT molecular complexity index is 592. The van der Waals surface area contributed by atoms with E-state index in [1.165, 1.54) is 12.1 Å². The highest BCUT2D eigenvalue weighted by atomic mass is 19.1. The smallest absolute Gasteiger partial charge is 0.240 e. The van der Waals surface area contributed by atoms with Crippen molar-refractivity contribution >= 4 is 17.3 Å². The van der Waals surface area contributed by atoms with Gasteiger partial charge in [-0.15, -0.1) is 0 Å². The van der Waals surface area contributed by atoms with Crippen LogP contribution in [-0.4, -0.2) is 24.7 Å². The lowest BCUT2D eigenvalue weighted by molar-refractivity contribution is -0.121. The molecule has 1 unspecified atom stereocenters. The molecule has 2 heterocycles. The minimum atomic E-state index is -0.571. The van der Waals surface area contributed by atoms with Crippen molar-refractivity contribution in [3.8, 4) is 0 Å². The topological polar surface area (TPSA) is 44.7 Å². The van der Waals surface area contributed by atoms with Crippen LogP contribution >= 0.6 is 0 Å². The van der Waals surface area contributed by atoms with Crippen LogP contribution in [0.3, 0.4) is 0 Å². The fraction of sp³-hybridized carbons (Fsp3) is 0.467. The molecule has 1 N–H and O–H groups in total. The monoisotopic (exact) mass is 293 g/mol. The summed E-state index contributed by atoms with van der Waals surface area (Å²) < 4.78 is 28.6. The molecule has 0 radical (unpaired) electrons. The van der Waals surface area contributed by atoms with Crippen molar-refractivity contribution in [2.45, 2.75) is 26.2 Å². The van der Waals surface area contributed by atoms with Gasteiger partial charge in [-0.3, -0.25) is 4.79 Å². The number of amides is 1. The Balaban J connectivity index is 1.91. The van der Waals surface area contributed by atoms with E-state index in [0.717, 1.165) is 6.42 Å². The number of carbonyl (C=O) groups excluding carboxylic acids is 1.